The van der Waals surface area contributed by atoms with E-state index in [1.54, 1.807) is 12.1 Å². The molecule has 2 nitrogen and oxygen atoms in total. The van der Waals surface area contributed by atoms with Crippen LogP contribution in [0.25, 0.3) is 0 Å². The summed E-state index contributed by atoms with van der Waals surface area (Å²) in [5.74, 6) is 0. The maximum absolute atomic E-state index is 13.0. The Bertz CT molecular complexity index is 303. The van der Waals surface area contributed by atoms with Crippen molar-refractivity contribution in [3.8, 4) is 0 Å². The Labute approximate surface area is 74.1 Å². The molecule has 0 aliphatic carbocycles. The second kappa shape index (κ2) is 3.54. The van der Waals surface area contributed by atoms with Gasteiger partial charge in [-0.2, -0.15) is 0 Å². The van der Waals surface area contributed by atoms with Gasteiger partial charge in [-0.25, -0.2) is 4.39 Å². The first-order valence-electron chi connectivity index (χ1n) is 3.30. The quantitative estimate of drug-likeness (QED) is 0.569. The number of nitrogen functional groups attached to an aromatic ring is 1. The van der Waals surface area contributed by atoms with Gasteiger partial charge in [0.2, 0.25) is 6.17 Å². The topological polar surface area (TPSA) is 43.1 Å². The van der Waals surface area contributed by atoms with Crippen molar-refractivity contribution >= 4 is 22.5 Å². The molecule has 1 aromatic rings. The molecule has 1 rings (SSSR count). The van der Waals surface area contributed by atoms with Gasteiger partial charge in [0.1, 0.15) is 0 Å². The minimum absolute atomic E-state index is 0.123. The third-order valence-electron chi connectivity index (χ3n) is 1.47. The SMILES string of the molecule is Nc1ccccc1C(F)C(=O)Cl. The molecule has 1 unspecified atom stereocenters. The number of carbonyl (C=O) groups is 1. The second-order valence-corrected chi connectivity index (χ2v) is 2.67. The third kappa shape index (κ3) is 1.74. The van der Waals surface area contributed by atoms with Crippen LogP contribution in [0, 0.1) is 0 Å². The van der Waals surface area contributed by atoms with Crippen LogP contribution in [-0.4, -0.2) is 5.24 Å². The van der Waals surface area contributed by atoms with Gasteiger partial charge >= 0.3 is 0 Å². The Morgan fingerprint density at radius 2 is 2.08 bits per heavy atom. The van der Waals surface area contributed by atoms with Crippen molar-refractivity contribution in [2.24, 2.45) is 0 Å². The molecule has 0 spiro atoms. The summed E-state index contributed by atoms with van der Waals surface area (Å²) in [6.45, 7) is 0. The highest BCUT2D eigenvalue weighted by atomic mass is 35.5. The molecular weight excluding hydrogens is 181 g/mol. The molecule has 1 atom stereocenters. The van der Waals surface area contributed by atoms with Gasteiger partial charge in [0.25, 0.3) is 5.24 Å². The molecule has 0 amide bonds. The van der Waals surface area contributed by atoms with Crippen LogP contribution in [0.3, 0.4) is 0 Å². The molecule has 0 aliphatic rings. The highest BCUT2D eigenvalue weighted by Gasteiger charge is 2.18. The molecule has 0 saturated carbocycles. The largest absolute Gasteiger partial charge is 0.398 e. The number of halogens is 2. The number of alkyl halides is 1. The first kappa shape index (κ1) is 9.00. The molecule has 4 heteroatoms. The van der Waals surface area contributed by atoms with E-state index < -0.39 is 11.4 Å². The van der Waals surface area contributed by atoms with E-state index in [1.807, 2.05) is 0 Å². The molecule has 64 valence electrons. The summed E-state index contributed by atoms with van der Waals surface area (Å²) in [6, 6.07) is 6.20. The summed E-state index contributed by atoms with van der Waals surface area (Å²) in [4.78, 5) is 10.4. The van der Waals surface area contributed by atoms with E-state index in [0.29, 0.717) is 0 Å². The van der Waals surface area contributed by atoms with Gasteiger partial charge < -0.3 is 5.73 Å². The van der Waals surface area contributed by atoms with Gasteiger partial charge in [0.15, 0.2) is 0 Å². The van der Waals surface area contributed by atoms with Crippen molar-refractivity contribution in [2.45, 2.75) is 6.17 Å². The standard InChI is InChI=1S/C8H7ClFNO/c9-8(12)7(10)5-3-1-2-4-6(5)11/h1-4,7H,11H2. The zero-order valence-electron chi connectivity index (χ0n) is 6.13. The van der Waals surface area contributed by atoms with Crippen molar-refractivity contribution in [1.29, 1.82) is 0 Å². The Kier molecular flexibility index (Phi) is 2.65. The normalized spacial score (nSPS) is 12.5. The maximum Gasteiger partial charge on any atom is 0.260 e. The van der Waals surface area contributed by atoms with Crippen molar-refractivity contribution in [3.05, 3.63) is 29.8 Å². The van der Waals surface area contributed by atoms with Crippen LogP contribution in [0.5, 0.6) is 0 Å². The predicted molar refractivity (Wildman–Crippen MR) is 45.6 cm³/mol. The summed E-state index contributed by atoms with van der Waals surface area (Å²) < 4.78 is 13.0. The predicted octanol–water partition coefficient (Wildman–Crippen LogP) is 2.04. The number of rotatable bonds is 2. The first-order valence-corrected chi connectivity index (χ1v) is 3.68. The molecule has 0 radical (unpaired) electrons. The average Bonchev–Trinajstić information content (AvgIpc) is 2.04. The number of anilines is 1. The second-order valence-electron chi connectivity index (χ2n) is 2.30. The van der Waals surface area contributed by atoms with Gasteiger partial charge in [-0.05, 0) is 17.7 Å². The van der Waals surface area contributed by atoms with Crippen molar-refractivity contribution in [2.75, 3.05) is 5.73 Å². The number of para-hydroxylation sites is 1. The van der Waals surface area contributed by atoms with Crippen LogP contribution in [0.15, 0.2) is 24.3 Å². The highest BCUT2D eigenvalue weighted by molar-refractivity contribution is 6.64. The molecular formula is C8H7ClFNO. The zero-order valence-corrected chi connectivity index (χ0v) is 6.88. The minimum atomic E-state index is -1.83. The maximum atomic E-state index is 13.0. The fraction of sp³-hybridized carbons (Fsp3) is 0.125. The van der Waals surface area contributed by atoms with Gasteiger partial charge in [-0.3, -0.25) is 4.79 Å². The van der Waals surface area contributed by atoms with E-state index in [1.165, 1.54) is 12.1 Å². The lowest BCUT2D eigenvalue weighted by molar-refractivity contribution is -0.116. The Hall–Kier alpha value is -1.09. The lowest BCUT2D eigenvalue weighted by Gasteiger charge is -2.05. The fourth-order valence-corrected chi connectivity index (χ4v) is 0.982. The molecule has 0 saturated heterocycles. The Balaban J connectivity index is 3.02. The van der Waals surface area contributed by atoms with E-state index in [-0.39, 0.29) is 11.3 Å². The van der Waals surface area contributed by atoms with E-state index in [9.17, 15) is 9.18 Å². The summed E-state index contributed by atoms with van der Waals surface area (Å²) in [5, 5.41) is -1.05. The summed E-state index contributed by atoms with van der Waals surface area (Å²) in [5.41, 5.74) is 5.77. The lowest BCUT2D eigenvalue weighted by atomic mass is 10.1. The monoisotopic (exact) mass is 187 g/mol. The van der Waals surface area contributed by atoms with Crippen LogP contribution >= 0.6 is 11.6 Å². The first-order chi connectivity index (χ1) is 5.63. The van der Waals surface area contributed by atoms with Crippen LogP contribution in [0.4, 0.5) is 10.1 Å². The van der Waals surface area contributed by atoms with E-state index in [2.05, 4.69) is 0 Å². The zero-order chi connectivity index (χ0) is 9.14. The number of hydrogen-bond donors (Lipinski definition) is 1. The van der Waals surface area contributed by atoms with Crippen LogP contribution in [0.2, 0.25) is 0 Å². The molecule has 0 aliphatic heterocycles. The molecule has 12 heavy (non-hydrogen) atoms. The van der Waals surface area contributed by atoms with Crippen molar-refractivity contribution < 1.29 is 9.18 Å². The summed E-state index contributed by atoms with van der Waals surface area (Å²) in [7, 11) is 0. The fourth-order valence-electron chi connectivity index (χ4n) is 0.864. The van der Waals surface area contributed by atoms with Gasteiger partial charge in [0, 0.05) is 11.3 Å². The van der Waals surface area contributed by atoms with Crippen LogP contribution in [-0.2, 0) is 4.79 Å². The third-order valence-corrected chi connectivity index (χ3v) is 1.66. The van der Waals surface area contributed by atoms with Gasteiger partial charge in [0.05, 0.1) is 0 Å². The van der Waals surface area contributed by atoms with E-state index in [0.717, 1.165) is 0 Å². The molecule has 0 aromatic heterocycles. The van der Waals surface area contributed by atoms with E-state index >= 15 is 0 Å². The van der Waals surface area contributed by atoms with E-state index in [4.69, 9.17) is 17.3 Å². The summed E-state index contributed by atoms with van der Waals surface area (Å²) in [6.07, 6.45) is -1.83. The number of carbonyl (C=O) groups excluding carboxylic acids is 1. The van der Waals surface area contributed by atoms with Gasteiger partial charge in [-0.1, -0.05) is 18.2 Å². The number of nitrogens with two attached hydrogens (primary N) is 1. The summed E-state index contributed by atoms with van der Waals surface area (Å²) >= 11 is 4.97. The molecule has 1 aromatic carbocycles. The number of benzene rings is 1. The Morgan fingerprint density at radius 3 is 2.58 bits per heavy atom. The van der Waals surface area contributed by atoms with Gasteiger partial charge in [-0.15, -0.1) is 0 Å². The van der Waals surface area contributed by atoms with Crippen LogP contribution < -0.4 is 5.73 Å². The smallest absolute Gasteiger partial charge is 0.260 e. The lowest BCUT2D eigenvalue weighted by Crippen LogP contribution is -2.03. The molecule has 0 bridgehead atoms. The van der Waals surface area contributed by atoms with Crippen LogP contribution in [0.1, 0.15) is 11.7 Å². The Morgan fingerprint density at radius 1 is 1.50 bits per heavy atom. The average molecular weight is 188 g/mol. The van der Waals surface area contributed by atoms with Crippen molar-refractivity contribution in [3.63, 3.8) is 0 Å². The molecule has 0 fully saturated rings. The molecule has 0 heterocycles. The minimum Gasteiger partial charge on any atom is -0.398 e. The molecule has 2 N–H and O–H groups in total. The van der Waals surface area contributed by atoms with Crippen molar-refractivity contribution in [1.82, 2.24) is 0 Å². The highest BCUT2D eigenvalue weighted by Crippen LogP contribution is 2.24. The number of hydrogen-bond acceptors (Lipinski definition) is 2.